The highest BCUT2D eigenvalue weighted by Gasteiger charge is 2.12. The number of nitrogens with one attached hydrogen (secondary N) is 1. The van der Waals surface area contributed by atoms with Gasteiger partial charge in [-0.1, -0.05) is 18.2 Å². The molecular weight excluding hydrogens is 256 g/mol. The maximum absolute atomic E-state index is 11.3. The van der Waals surface area contributed by atoms with Crippen LogP contribution in [0, 0.1) is 0 Å². The average molecular weight is 274 g/mol. The summed E-state index contributed by atoms with van der Waals surface area (Å²) in [4.78, 5) is 15.7. The number of carbonyl (C=O) groups is 1. The van der Waals surface area contributed by atoms with E-state index in [-0.39, 0.29) is 5.56 Å². The Morgan fingerprint density at radius 3 is 2.90 bits per heavy atom. The summed E-state index contributed by atoms with van der Waals surface area (Å²) in [5.41, 5.74) is 0.993. The van der Waals surface area contributed by atoms with Crippen molar-refractivity contribution in [3.63, 3.8) is 0 Å². The van der Waals surface area contributed by atoms with Crippen LogP contribution in [0.5, 0.6) is 0 Å². The lowest BCUT2D eigenvalue weighted by atomic mass is 10.1. The third-order valence-electron chi connectivity index (χ3n) is 3.02. The maximum atomic E-state index is 11.3. The van der Waals surface area contributed by atoms with Gasteiger partial charge in [0.15, 0.2) is 0 Å². The van der Waals surface area contributed by atoms with Gasteiger partial charge in [0, 0.05) is 25.6 Å². The van der Waals surface area contributed by atoms with Gasteiger partial charge < -0.3 is 15.2 Å². The number of unbranched alkanes of at least 4 members (excludes halogenated alkanes) is 1. The Morgan fingerprint density at radius 1 is 1.35 bits per heavy atom. The number of aromatic nitrogens is 1. The number of methoxy groups -OCH3 is 1. The Hall–Kier alpha value is -2.14. The number of carboxylic acids is 1. The van der Waals surface area contributed by atoms with E-state index >= 15 is 0 Å². The second-order valence-corrected chi connectivity index (χ2v) is 4.51. The van der Waals surface area contributed by atoms with E-state index in [0.29, 0.717) is 19.0 Å². The molecule has 106 valence electrons. The van der Waals surface area contributed by atoms with Crippen LogP contribution in [0.25, 0.3) is 10.9 Å². The number of hydrogen-bond donors (Lipinski definition) is 2. The molecule has 0 aliphatic heterocycles. The molecule has 0 spiro atoms. The van der Waals surface area contributed by atoms with Gasteiger partial charge in [0.2, 0.25) is 0 Å². The first-order valence-corrected chi connectivity index (χ1v) is 6.58. The molecule has 2 aromatic rings. The molecule has 0 aliphatic carbocycles. The summed E-state index contributed by atoms with van der Waals surface area (Å²) in [6.45, 7) is 1.38. The molecule has 0 atom stereocenters. The van der Waals surface area contributed by atoms with Crippen molar-refractivity contribution >= 4 is 22.7 Å². The molecule has 1 heterocycles. The Balaban J connectivity index is 2.17. The Morgan fingerprint density at radius 2 is 2.15 bits per heavy atom. The molecule has 2 rings (SSSR count). The van der Waals surface area contributed by atoms with Gasteiger partial charge in [0.05, 0.1) is 5.52 Å². The fourth-order valence-corrected chi connectivity index (χ4v) is 1.99. The summed E-state index contributed by atoms with van der Waals surface area (Å²) in [5.74, 6) is -0.545. The second-order valence-electron chi connectivity index (χ2n) is 4.51. The van der Waals surface area contributed by atoms with Crippen molar-refractivity contribution < 1.29 is 14.6 Å². The monoisotopic (exact) mass is 274 g/mol. The molecule has 0 radical (unpaired) electrons. The first-order chi connectivity index (χ1) is 9.72. The predicted octanol–water partition coefficient (Wildman–Crippen LogP) is 2.77. The number of rotatable bonds is 7. The van der Waals surface area contributed by atoms with E-state index in [1.54, 1.807) is 13.2 Å². The van der Waals surface area contributed by atoms with Crippen LogP contribution in [-0.2, 0) is 4.74 Å². The molecule has 0 amide bonds. The van der Waals surface area contributed by atoms with Crippen molar-refractivity contribution in [1.29, 1.82) is 0 Å². The van der Waals surface area contributed by atoms with Crippen LogP contribution in [0.3, 0.4) is 0 Å². The summed E-state index contributed by atoms with van der Waals surface area (Å²) < 4.78 is 4.98. The second kappa shape index (κ2) is 6.86. The molecule has 0 unspecified atom stereocenters. The predicted molar refractivity (Wildman–Crippen MR) is 78.3 cm³/mol. The highest BCUT2D eigenvalue weighted by molar-refractivity contribution is 5.98. The fraction of sp³-hybridized carbons (Fsp3) is 0.333. The zero-order valence-corrected chi connectivity index (χ0v) is 11.4. The first-order valence-electron chi connectivity index (χ1n) is 6.58. The number of aromatic carboxylic acids is 1. The van der Waals surface area contributed by atoms with Crippen LogP contribution in [0.15, 0.2) is 30.3 Å². The van der Waals surface area contributed by atoms with Crippen LogP contribution < -0.4 is 5.32 Å². The topological polar surface area (TPSA) is 71.5 Å². The van der Waals surface area contributed by atoms with Gasteiger partial charge in [-0.25, -0.2) is 9.78 Å². The summed E-state index contributed by atoms with van der Waals surface area (Å²) in [6.07, 6.45) is 1.83. The van der Waals surface area contributed by atoms with Crippen LogP contribution in [-0.4, -0.2) is 36.3 Å². The Kier molecular flexibility index (Phi) is 4.90. The molecule has 0 aliphatic rings. The van der Waals surface area contributed by atoms with Gasteiger partial charge >= 0.3 is 5.97 Å². The number of carboxylic acid groups (broad SMARTS) is 1. The number of para-hydroxylation sites is 1. The van der Waals surface area contributed by atoms with Crippen LogP contribution in [0.2, 0.25) is 0 Å². The molecule has 2 N–H and O–H groups in total. The summed E-state index contributed by atoms with van der Waals surface area (Å²) in [7, 11) is 1.67. The summed E-state index contributed by atoms with van der Waals surface area (Å²) in [5, 5.41) is 13.2. The molecule has 1 aromatic heterocycles. The number of fused-ring (bicyclic) bond motifs is 1. The SMILES string of the molecule is COCCCCNc1nc2ccccc2cc1C(=O)O. The van der Waals surface area contributed by atoms with Crippen molar-refractivity contribution in [3.05, 3.63) is 35.9 Å². The normalized spacial score (nSPS) is 10.7. The minimum atomic E-state index is -0.970. The number of anilines is 1. The third kappa shape index (κ3) is 3.45. The molecule has 0 saturated heterocycles. The molecule has 0 fully saturated rings. The fourth-order valence-electron chi connectivity index (χ4n) is 1.99. The van der Waals surface area contributed by atoms with Gasteiger partial charge in [0.1, 0.15) is 11.4 Å². The quantitative estimate of drug-likeness (QED) is 0.760. The zero-order valence-electron chi connectivity index (χ0n) is 11.4. The number of pyridine rings is 1. The van der Waals surface area contributed by atoms with E-state index in [4.69, 9.17) is 4.74 Å². The standard InChI is InChI=1S/C15H18N2O3/c1-20-9-5-4-8-16-14-12(15(18)19)10-11-6-2-3-7-13(11)17-14/h2-3,6-7,10H,4-5,8-9H2,1H3,(H,16,17)(H,18,19). The lowest BCUT2D eigenvalue weighted by Gasteiger charge is -2.10. The van der Waals surface area contributed by atoms with Crippen LogP contribution in [0.4, 0.5) is 5.82 Å². The highest BCUT2D eigenvalue weighted by Crippen LogP contribution is 2.20. The van der Waals surface area contributed by atoms with Crippen molar-refractivity contribution in [3.8, 4) is 0 Å². The number of ether oxygens (including phenoxy) is 1. The lowest BCUT2D eigenvalue weighted by Crippen LogP contribution is -2.10. The van der Waals surface area contributed by atoms with Crippen LogP contribution in [0.1, 0.15) is 23.2 Å². The van der Waals surface area contributed by atoms with Gasteiger partial charge in [0.25, 0.3) is 0 Å². The smallest absolute Gasteiger partial charge is 0.339 e. The third-order valence-corrected chi connectivity index (χ3v) is 3.02. The summed E-state index contributed by atoms with van der Waals surface area (Å²) in [6, 6.07) is 9.14. The molecule has 0 bridgehead atoms. The van der Waals surface area contributed by atoms with E-state index in [9.17, 15) is 9.90 Å². The number of benzene rings is 1. The number of nitrogens with zero attached hydrogens (tertiary/aromatic N) is 1. The molecular formula is C15H18N2O3. The van der Waals surface area contributed by atoms with Gasteiger partial charge in [-0.15, -0.1) is 0 Å². The van der Waals surface area contributed by atoms with E-state index in [0.717, 1.165) is 23.7 Å². The molecule has 5 heteroatoms. The Labute approximate surface area is 117 Å². The highest BCUT2D eigenvalue weighted by atomic mass is 16.5. The minimum Gasteiger partial charge on any atom is -0.478 e. The van der Waals surface area contributed by atoms with Crippen molar-refractivity contribution in [1.82, 2.24) is 4.98 Å². The van der Waals surface area contributed by atoms with Crippen molar-refractivity contribution in [2.24, 2.45) is 0 Å². The largest absolute Gasteiger partial charge is 0.478 e. The number of hydrogen-bond acceptors (Lipinski definition) is 4. The van der Waals surface area contributed by atoms with Crippen LogP contribution >= 0.6 is 0 Å². The van der Waals surface area contributed by atoms with E-state index in [2.05, 4.69) is 10.3 Å². The maximum Gasteiger partial charge on any atom is 0.339 e. The molecule has 5 nitrogen and oxygen atoms in total. The first kappa shape index (κ1) is 14.3. The Bertz CT molecular complexity index is 599. The van der Waals surface area contributed by atoms with Gasteiger partial charge in [-0.2, -0.15) is 0 Å². The van der Waals surface area contributed by atoms with Crippen molar-refractivity contribution in [2.75, 3.05) is 25.6 Å². The molecule has 1 aromatic carbocycles. The van der Waals surface area contributed by atoms with E-state index < -0.39 is 5.97 Å². The zero-order chi connectivity index (χ0) is 14.4. The molecule has 20 heavy (non-hydrogen) atoms. The van der Waals surface area contributed by atoms with Gasteiger partial charge in [-0.05, 0) is 25.0 Å². The summed E-state index contributed by atoms with van der Waals surface area (Å²) >= 11 is 0. The van der Waals surface area contributed by atoms with E-state index in [1.165, 1.54) is 0 Å². The van der Waals surface area contributed by atoms with Gasteiger partial charge in [-0.3, -0.25) is 0 Å². The lowest BCUT2D eigenvalue weighted by molar-refractivity contribution is 0.0697. The van der Waals surface area contributed by atoms with Crippen molar-refractivity contribution in [2.45, 2.75) is 12.8 Å². The molecule has 0 saturated carbocycles. The minimum absolute atomic E-state index is 0.204. The van der Waals surface area contributed by atoms with E-state index in [1.807, 2.05) is 24.3 Å². The average Bonchev–Trinajstić information content (AvgIpc) is 2.46.